The van der Waals surface area contributed by atoms with Crippen LogP contribution < -0.4 is 10.5 Å². The van der Waals surface area contributed by atoms with E-state index < -0.39 is 17.6 Å². The molecular formula is C23H24N4O3. The van der Waals surface area contributed by atoms with E-state index in [1.54, 1.807) is 4.90 Å². The molecule has 0 saturated carbocycles. The van der Waals surface area contributed by atoms with E-state index in [2.05, 4.69) is 9.55 Å². The van der Waals surface area contributed by atoms with Gasteiger partial charge in [-0.15, -0.1) is 0 Å². The number of aromatic nitrogens is 2. The lowest BCUT2D eigenvalue weighted by Gasteiger charge is -2.52. The van der Waals surface area contributed by atoms with Crippen molar-refractivity contribution in [3.8, 4) is 5.75 Å². The molecule has 2 aliphatic rings. The molecule has 3 heterocycles. The van der Waals surface area contributed by atoms with Gasteiger partial charge in [-0.3, -0.25) is 9.59 Å². The average molecular weight is 404 g/mol. The summed E-state index contributed by atoms with van der Waals surface area (Å²) in [6, 6.07) is 15.5. The Bertz CT molecular complexity index is 1170. The summed E-state index contributed by atoms with van der Waals surface area (Å²) in [4.78, 5) is 32.0. The quantitative estimate of drug-likeness (QED) is 0.677. The van der Waals surface area contributed by atoms with Crippen molar-refractivity contribution in [1.82, 2.24) is 14.5 Å². The number of benzene rings is 2. The topological polar surface area (TPSA) is 90.5 Å². The molecule has 5 rings (SSSR count). The van der Waals surface area contributed by atoms with Gasteiger partial charge in [0.1, 0.15) is 17.5 Å². The molecule has 3 aromatic rings. The lowest BCUT2D eigenvalue weighted by Crippen LogP contribution is -2.65. The van der Waals surface area contributed by atoms with Crippen LogP contribution in [0.1, 0.15) is 30.7 Å². The molecule has 2 amide bonds. The highest BCUT2D eigenvalue weighted by molar-refractivity contribution is 6.01. The Balaban J connectivity index is 1.51. The summed E-state index contributed by atoms with van der Waals surface area (Å²) in [5, 5.41) is 0. The largest absolute Gasteiger partial charge is 0.468 e. The van der Waals surface area contributed by atoms with E-state index in [9.17, 15) is 9.59 Å². The van der Waals surface area contributed by atoms with Crippen LogP contribution >= 0.6 is 0 Å². The van der Waals surface area contributed by atoms with E-state index in [1.165, 1.54) is 0 Å². The zero-order chi connectivity index (χ0) is 21.0. The molecule has 2 aromatic carbocycles. The van der Waals surface area contributed by atoms with Crippen molar-refractivity contribution in [1.29, 1.82) is 0 Å². The van der Waals surface area contributed by atoms with Gasteiger partial charge < -0.3 is 19.9 Å². The standard InChI is InChI=1S/C23H24N4O3/c1-14-25-17-8-4-5-9-18(17)26(14)11-12-27-22(29)20(21(24)28)16-13-23(27,2)30-19-10-6-3-7-15(16)19/h3-10,16,20H,11-13H2,1-2H3,(H2,24,28)/t16-,20+,23+/m0/s1. The Morgan fingerprint density at radius 3 is 2.73 bits per heavy atom. The third-order valence-corrected chi connectivity index (χ3v) is 6.45. The van der Waals surface area contributed by atoms with Gasteiger partial charge in [0.25, 0.3) is 0 Å². The number of piperidine rings is 1. The second kappa shape index (κ2) is 6.58. The van der Waals surface area contributed by atoms with Crippen LogP contribution in [-0.2, 0) is 16.1 Å². The van der Waals surface area contributed by atoms with Crippen LogP contribution in [0.2, 0.25) is 0 Å². The molecule has 0 aliphatic carbocycles. The van der Waals surface area contributed by atoms with Crippen molar-refractivity contribution in [3.63, 3.8) is 0 Å². The van der Waals surface area contributed by atoms with Crippen LogP contribution in [0, 0.1) is 12.8 Å². The van der Waals surface area contributed by atoms with Crippen molar-refractivity contribution < 1.29 is 14.3 Å². The number of rotatable bonds is 4. The minimum atomic E-state index is -0.885. The van der Waals surface area contributed by atoms with E-state index in [1.807, 2.05) is 62.4 Å². The maximum Gasteiger partial charge on any atom is 0.238 e. The monoisotopic (exact) mass is 404 g/mol. The molecule has 0 spiro atoms. The van der Waals surface area contributed by atoms with Crippen LogP contribution in [-0.4, -0.2) is 38.5 Å². The van der Waals surface area contributed by atoms with Crippen molar-refractivity contribution in [2.45, 2.75) is 38.5 Å². The average Bonchev–Trinajstić information content (AvgIpc) is 3.02. The number of carbonyl (C=O) groups excluding carboxylic acids is 2. The molecule has 2 N–H and O–H groups in total. The number of ether oxygens (including phenoxy) is 1. The van der Waals surface area contributed by atoms with Gasteiger partial charge in [-0.05, 0) is 37.6 Å². The van der Waals surface area contributed by atoms with Crippen LogP contribution in [0.25, 0.3) is 11.0 Å². The van der Waals surface area contributed by atoms with E-state index in [0.717, 1.165) is 22.4 Å². The van der Waals surface area contributed by atoms with E-state index in [4.69, 9.17) is 10.5 Å². The van der Waals surface area contributed by atoms with Crippen LogP contribution in [0.3, 0.4) is 0 Å². The SMILES string of the molecule is Cc1nc2ccccc2n1CCN1C(=O)[C@@H](C(N)=O)[C@H]2C[C@@]1(C)Oc1ccccc12. The van der Waals surface area contributed by atoms with Gasteiger partial charge >= 0.3 is 0 Å². The number of imidazole rings is 1. The van der Waals surface area contributed by atoms with Crippen molar-refractivity contribution in [3.05, 3.63) is 59.9 Å². The van der Waals surface area contributed by atoms with Gasteiger partial charge in [0.15, 0.2) is 5.72 Å². The Hall–Kier alpha value is -3.35. The number of nitrogens with zero attached hydrogens (tertiary/aromatic N) is 3. The fraction of sp³-hybridized carbons (Fsp3) is 0.348. The fourth-order valence-corrected chi connectivity index (χ4v) is 5.06. The van der Waals surface area contributed by atoms with Gasteiger partial charge in [0, 0.05) is 25.4 Å². The van der Waals surface area contributed by atoms with Crippen LogP contribution in [0.15, 0.2) is 48.5 Å². The fourth-order valence-electron chi connectivity index (χ4n) is 5.06. The predicted molar refractivity (Wildman–Crippen MR) is 112 cm³/mol. The minimum absolute atomic E-state index is 0.266. The van der Waals surface area contributed by atoms with Crippen molar-refractivity contribution in [2.75, 3.05) is 6.54 Å². The molecule has 2 aliphatic heterocycles. The number of para-hydroxylation sites is 3. The lowest BCUT2D eigenvalue weighted by atomic mass is 9.73. The highest BCUT2D eigenvalue weighted by Gasteiger charge is 2.55. The molecule has 7 nitrogen and oxygen atoms in total. The number of aryl methyl sites for hydroxylation is 1. The summed E-state index contributed by atoms with van der Waals surface area (Å²) in [6.45, 7) is 4.82. The molecule has 1 aromatic heterocycles. The first-order chi connectivity index (χ1) is 14.4. The number of likely N-dealkylation sites (tertiary alicyclic amines) is 1. The maximum atomic E-state index is 13.4. The highest BCUT2D eigenvalue weighted by atomic mass is 16.5. The summed E-state index contributed by atoms with van der Waals surface area (Å²) in [5.41, 5.74) is 7.69. The third kappa shape index (κ3) is 2.69. The Kier molecular flexibility index (Phi) is 4.10. The summed E-state index contributed by atoms with van der Waals surface area (Å²) < 4.78 is 8.41. The Morgan fingerprint density at radius 1 is 1.20 bits per heavy atom. The van der Waals surface area contributed by atoms with Crippen LogP contribution in [0.4, 0.5) is 0 Å². The van der Waals surface area contributed by atoms with Gasteiger partial charge in [0.05, 0.1) is 11.0 Å². The number of hydrogen-bond acceptors (Lipinski definition) is 4. The Labute approximate surface area is 174 Å². The highest BCUT2D eigenvalue weighted by Crippen LogP contribution is 2.49. The summed E-state index contributed by atoms with van der Waals surface area (Å²) >= 11 is 0. The van der Waals surface area contributed by atoms with Crippen LogP contribution in [0.5, 0.6) is 5.75 Å². The number of carbonyl (C=O) groups is 2. The number of amides is 2. The molecule has 0 unspecified atom stereocenters. The van der Waals surface area contributed by atoms with Gasteiger partial charge in [-0.2, -0.15) is 0 Å². The number of hydrogen-bond donors (Lipinski definition) is 1. The summed E-state index contributed by atoms with van der Waals surface area (Å²) in [7, 11) is 0. The first kappa shape index (κ1) is 18.7. The summed E-state index contributed by atoms with van der Waals surface area (Å²) in [6.07, 6.45) is 0.535. The molecule has 1 saturated heterocycles. The summed E-state index contributed by atoms with van der Waals surface area (Å²) in [5.74, 6) is -0.411. The predicted octanol–water partition coefficient (Wildman–Crippen LogP) is 2.57. The normalized spacial score (nSPS) is 25.1. The molecule has 3 atom stereocenters. The second-order valence-electron chi connectivity index (χ2n) is 8.29. The van der Waals surface area contributed by atoms with Crippen molar-refractivity contribution in [2.24, 2.45) is 11.7 Å². The number of fused-ring (bicyclic) bond motifs is 5. The van der Waals surface area contributed by atoms with E-state index >= 15 is 0 Å². The van der Waals surface area contributed by atoms with Gasteiger partial charge in [-0.1, -0.05) is 30.3 Å². The maximum absolute atomic E-state index is 13.4. The zero-order valence-corrected chi connectivity index (χ0v) is 17.0. The molecule has 30 heavy (non-hydrogen) atoms. The smallest absolute Gasteiger partial charge is 0.238 e. The third-order valence-electron chi connectivity index (χ3n) is 6.45. The Morgan fingerprint density at radius 2 is 1.93 bits per heavy atom. The molecule has 0 radical (unpaired) electrons. The second-order valence-corrected chi connectivity index (χ2v) is 8.29. The van der Waals surface area contributed by atoms with E-state index in [-0.39, 0.29) is 11.8 Å². The molecule has 7 heteroatoms. The van der Waals surface area contributed by atoms with Gasteiger partial charge in [-0.25, -0.2) is 4.98 Å². The molecule has 2 bridgehead atoms. The first-order valence-corrected chi connectivity index (χ1v) is 10.2. The minimum Gasteiger partial charge on any atom is -0.468 e. The van der Waals surface area contributed by atoms with E-state index in [0.29, 0.717) is 25.3 Å². The number of nitrogens with two attached hydrogens (primary N) is 1. The first-order valence-electron chi connectivity index (χ1n) is 10.2. The molecule has 1 fully saturated rings. The molecule has 154 valence electrons. The zero-order valence-electron chi connectivity index (χ0n) is 17.0. The van der Waals surface area contributed by atoms with Crippen molar-refractivity contribution >= 4 is 22.8 Å². The lowest BCUT2D eigenvalue weighted by molar-refractivity contribution is -0.175. The van der Waals surface area contributed by atoms with Gasteiger partial charge in [0.2, 0.25) is 11.8 Å². The number of primary amides is 1. The molecular weight excluding hydrogens is 380 g/mol.